The zero-order valence-electron chi connectivity index (χ0n) is 18.5. The van der Waals surface area contributed by atoms with Crippen molar-refractivity contribution in [3.8, 4) is 0 Å². The van der Waals surface area contributed by atoms with E-state index in [9.17, 15) is 19.2 Å². The highest BCUT2D eigenvalue weighted by Gasteiger charge is 2.12. The fourth-order valence-electron chi connectivity index (χ4n) is 3.07. The number of rotatable bonds is 0. The number of hydrogen-bond acceptors (Lipinski definition) is 8. The van der Waals surface area contributed by atoms with Crippen LogP contribution >= 0.6 is 0 Å². The summed E-state index contributed by atoms with van der Waals surface area (Å²) in [4.78, 5) is 45.3. The van der Waals surface area contributed by atoms with Gasteiger partial charge >= 0.3 is 23.9 Å². The predicted octanol–water partition coefficient (Wildman–Crippen LogP) is 4.00. The Balaban J connectivity index is 0.000000235. The SMILES string of the molecule is O=C1CCC(=O)OCCCCCCO1.O=C1OCCCCCCOC(=O)c2ccc1cc2. The molecule has 8 nitrogen and oxygen atoms in total. The highest BCUT2D eigenvalue weighted by molar-refractivity contribution is 5.93. The zero-order chi connectivity index (χ0) is 23.0. The minimum absolute atomic E-state index is 0.138. The van der Waals surface area contributed by atoms with Crippen LogP contribution in [0.25, 0.3) is 0 Å². The molecular formula is C24H32O8. The second-order valence-corrected chi connectivity index (χ2v) is 7.62. The molecule has 0 aliphatic carbocycles. The van der Waals surface area contributed by atoms with Gasteiger partial charge in [-0.05, 0) is 75.6 Å². The first-order chi connectivity index (χ1) is 15.6. The van der Waals surface area contributed by atoms with Crippen LogP contribution in [0.15, 0.2) is 24.3 Å². The first kappa shape index (κ1) is 25.4. The van der Waals surface area contributed by atoms with Gasteiger partial charge < -0.3 is 18.9 Å². The van der Waals surface area contributed by atoms with Gasteiger partial charge in [0, 0.05) is 0 Å². The molecular weight excluding hydrogens is 416 g/mol. The zero-order valence-corrected chi connectivity index (χ0v) is 18.5. The van der Waals surface area contributed by atoms with Crippen LogP contribution in [-0.4, -0.2) is 50.3 Å². The molecule has 3 heterocycles. The normalized spacial score (nSPS) is 19.4. The van der Waals surface area contributed by atoms with Gasteiger partial charge in [0.1, 0.15) is 0 Å². The Hall–Kier alpha value is -2.90. The van der Waals surface area contributed by atoms with Gasteiger partial charge in [-0.15, -0.1) is 0 Å². The van der Waals surface area contributed by atoms with Crippen LogP contribution in [0.5, 0.6) is 0 Å². The van der Waals surface area contributed by atoms with Crippen LogP contribution in [0.1, 0.15) is 84.9 Å². The van der Waals surface area contributed by atoms with Crippen LogP contribution in [0, 0.1) is 0 Å². The number of esters is 4. The monoisotopic (exact) mass is 448 g/mol. The lowest BCUT2D eigenvalue weighted by atomic mass is 10.1. The van der Waals surface area contributed by atoms with E-state index in [0.29, 0.717) is 37.6 Å². The van der Waals surface area contributed by atoms with Gasteiger partial charge in [-0.25, -0.2) is 9.59 Å². The summed E-state index contributed by atoms with van der Waals surface area (Å²) in [5.41, 5.74) is 0.923. The number of cyclic esters (lactones) is 2. The molecule has 1 aromatic rings. The molecule has 0 spiro atoms. The summed E-state index contributed by atoms with van der Waals surface area (Å²) in [6, 6.07) is 6.35. The number of carbonyl (C=O) groups is 4. The summed E-state index contributed by atoms with van der Waals surface area (Å²) in [5, 5.41) is 0. The Morgan fingerprint density at radius 3 is 1.09 bits per heavy atom. The molecule has 0 N–H and O–H groups in total. The van der Waals surface area contributed by atoms with Crippen molar-refractivity contribution in [3.63, 3.8) is 0 Å². The van der Waals surface area contributed by atoms with E-state index in [4.69, 9.17) is 18.9 Å². The Labute approximate surface area is 188 Å². The summed E-state index contributed by atoms with van der Waals surface area (Å²) in [6.45, 7) is 1.85. The molecule has 3 aliphatic heterocycles. The van der Waals surface area contributed by atoms with Crippen molar-refractivity contribution in [1.82, 2.24) is 0 Å². The van der Waals surface area contributed by atoms with Gasteiger partial charge in [0.2, 0.25) is 0 Å². The van der Waals surface area contributed by atoms with Crippen LogP contribution in [0.2, 0.25) is 0 Å². The molecule has 1 saturated heterocycles. The molecule has 0 aromatic heterocycles. The number of ether oxygens (including phenoxy) is 4. The van der Waals surface area contributed by atoms with Gasteiger partial charge in [0.05, 0.1) is 50.4 Å². The third kappa shape index (κ3) is 10.4. The standard InChI is InChI=1S/C14H16O4.C10H16O4/c15-13-11-5-7-12(8-6-11)14(16)18-10-4-2-1-3-9-17-13;11-9-5-6-10(12)14-8-4-2-1-3-7-13-9/h5-8H,1-4,9-10H2;1-8H2. The smallest absolute Gasteiger partial charge is 0.338 e. The maximum Gasteiger partial charge on any atom is 0.338 e. The first-order valence-electron chi connectivity index (χ1n) is 11.3. The predicted molar refractivity (Wildman–Crippen MR) is 115 cm³/mol. The lowest BCUT2D eigenvalue weighted by Crippen LogP contribution is -2.12. The van der Waals surface area contributed by atoms with E-state index >= 15 is 0 Å². The van der Waals surface area contributed by atoms with Crippen molar-refractivity contribution in [2.45, 2.75) is 64.2 Å². The fourth-order valence-corrected chi connectivity index (χ4v) is 3.07. The number of hydrogen-bond donors (Lipinski definition) is 0. The van der Waals surface area contributed by atoms with Crippen LogP contribution < -0.4 is 0 Å². The molecule has 0 saturated carbocycles. The number of carbonyl (C=O) groups excluding carboxylic acids is 4. The third-order valence-electron chi connectivity index (χ3n) is 4.96. The fraction of sp³-hybridized carbons (Fsp3) is 0.583. The van der Waals surface area contributed by atoms with Gasteiger partial charge in [0.25, 0.3) is 0 Å². The minimum atomic E-state index is -0.341. The molecule has 1 fully saturated rings. The largest absolute Gasteiger partial charge is 0.466 e. The van der Waals surface area contributed by atoms with E-state index in [-0.39, 0.29) is 36.7 Å². The van der Waals surface area contributed by atoms with Gasteiger partial charge in [-0.2, -0.15) is 0 Å². The highest BCUT2D eigenvalue weighted by atomic mass is 16.5. The molecule has 0 amide bonds. The van der Waals surface area contributed by atoms with Crippen molar-refractivity contribution in [3.05, 3.63) is 35.4 Å². The summed E-state index contributed by atoms with van der Waals surface area (Å²) in [6.07, 6.45) is 7.76. The maximum atomic E-state index is 11.6. The van der Waals surface area contributed by atoms with E-state index < -0.39 is 0 Å². The molecule has 3 aliphatic rings. The average Bonchev–Trinajstić information content (AvgIpc) is 2.80. The molecule has 0 radical (unpaired) electrons. The van der Waals surface area contributed by atoms with Crippen LogP contribution in [0.3, 0.4) is 0 Å². The van der Waals surface area contributed by atoms with Crippen molar-refractivity contribution in [1.29, 1.82) is 0 Å². The Morgan fingerprint density at radius 1 is 0.438 bits per heavy atom. The Kier molecular flexibility index (Phi) is 11.9. The summed E-state index contributed by atoms with van der Waals surface area (Å²) in [7, 11) is 0. The van der Waals surface area contributed by atoms with Crippen LogP contribution in [0.4, 0.5) is 0 Å². The molecule has 2 bridgehead atoms. The Morgan fingerprint density at radius 2 is 0.750 bits per heavy atom. The van der Waals surface area contributed by atoms with Crippen molar-refractivity contribution in [2.75, 3.05) is 26.4 Å². The van der Waals surface area contributed by atoms with Crippen molar-refractivity contribution < 1.29 is 38.1 Å². The summed E-state index contributed by atoms with van der Waals surface area (Å²) < 4.78 is 20.1. The van der Waals surface area contributed by atoms with Gasteiger partial charge in [-0.3, -0.25) is 9.59 Å². The average molecular weight is 449 g/mol. The van der Waals surface area contributed by atoms with Crippen molar-refractivity contribution >= 4 is 23.9 Å². The minimum Gasteiger partial charge on any atom is -0.466 e. The highest BCUT2D eigenvalue weighted by Crippen LogP contribution is 2.10. The van der Waals surface area contributed by atoms with E-state index in [1.165, 1.54) is 0 Å². The molecule has 8 heteroatoms. The third-order valence-corrected chi connectivity index (χ3v) is 4.96. The summed E-state index contributed by atoms with van der Waals surface area (Å²) in [5.74, 6) is -1.29. The molecule has 1 aromatic carbocycles. The van der Waals surface area contributed by atoms with E-state index in [1.54, 1.807) is 24.3 Å². The quantitative estimate of drug-likeness (QED) is 0.433. The number of fused-ring (bicyclic) bond motifs is 11. The van der Waals surface area contributed by atoms with E-state index in [1.807, 2.05) is 0 Å². The lowest BCUT2D eigenvalue weighted by molar-refractivity contribution is -0.150. The first-order valence-corrected chi connectivity index (χ1v) is 11.3. The topological polar surface area (TPSA) is 105 Å². The molecule has 32 heavy (non-hydrogen) atoms. The summed E-state index contributed by atoms with van der Waals surface area (Å²) >= 11 is 0. The Bertz CT molecular complexity index is 678. The molecule has 4 rings (SSSR count). The molecule has 0 unspecified atom stereocenters. The lowest BCUT2D eigenvalue weighted by Gasteiger charge is -2.08. The maximum absolute atomic E-state index is 11.6. The second-order valence-electron chi connectivity index (χ2n) is 7.62. The van der Waals surface area contributed by atoms with Crippen molar-refractivity contribution in [2.24, 2.45) is 0 Å². The number of benzene rings is 1. The van der Waals surface area contributed by atoms with Gasteiger partial charge in [-0.1, -0.05) is 0 Å². The molecule has 176 valence electrons. The second kappa shape index (κ2) is 15.0. The van der Waals surface area contributed by atoms with E-state index in [2.05, 4.69) is 0 Å². The van der Waals surface area contributed by atoms with Gasteiger partial charge in [0.15, 0.2) is 0 Å². The van der Waals surface area contributed by atoms with Crippen LogP contribution in [-0.2, 0) is 28.5 Å². The molecule has 0 atom stereocenters. The van der Waals surface area contributed by atoms with E-state index in [0.717, 1.165) is 51.4 Å².